The summed E-state index contributed by atoms with van der Waals surface area (Å²) in [5, 5.41) is 0. The van der Waals surface area contributed by atoms with Crippen molar-refractivity contribution in [2.45, 2.75) is 23.5 Å². The topological polar surface area (TPSA) is 63.4 Å². The molecule has 0 amide bonds. The molecule has 0 atom stereocenters. The van der Waals surface area contributed by atoms with Crippen molar-refractivity contribution < 1.29 is 8.42 Å². The SMILES string of the molecule is CC1(C)CN(S(=O)(=O)c2ccc(N)cc2Br)CCS1. The first-order valence-corrected chi connectivity index (χ1v) is 9.13. The summed E-state index contributed by atoms with van der Waals surface area (Å²) >= 11 is 5.09. The lowest BCUT2D eigenvalue weighted by Gasteiger charge is -2.36. The van der Waals surface area contributed by atoms with Crippen LogP contribution in [0.4, 0.5) is 5.69 Å². The Hall–Kier alpha value is -0.240. The summed E-state index contributed by atoms with van der Waals surface area (Å²) < 4.78 is 27.3. The third-order valence-electron chi connectivity index (χ3n) is 2.96. The molecular formula is C12H17BrN2O2S2. The summed E-state index contributed by atoms with van der Waals surface area (Å²) in [6, 6.07) is 4.79. The van der Waals surface area contributed by atoms with Gasteiger partial charge in [-0.25, -0.2) is 8.42 Å². The van der Waals surface area contributed by atoms with E-state index in [9.17, 15) is 8.42 Å². The van der Waals surface area contributed by atoms with Crippen molar-refractivity contribution >= 4 is 43.4 Å². The Kier molecular flexibility index (Phi) is 4.21. The van der Waals surface area contributed by atoms with E-state index < -0.39 is 10.0 Å². The van der Waals surface area contributed by atoms with Gasteiger partial charge in [-0.3, -0.25) is 0 Å². The van der Waals surface area contributed by atoms with Crippen LogP contribution in [0.25, 0.3) is 0 Å². The number of nitrogens with zero attached hydrogens (tertiary/aromatic N) is 1. The maximum atomic E-state index is 12.7. The van der Waals surface area contributed by atoms with Crippen molar-refractivity contribution in [1.82, 2.24) is 4.31 Å². The standard InChI is InChI=1S/C12H17BrN2O2S2/c1-12(2)8-15(5-6-18-12)19(16,17)11-4-3-9(14)7-10(11)13/h3-4,7H,5-6,8,14H2,1-2H3. The average molecular weight is 365 g/mol. The zero-order chi connectivity index (χ0) is 14.3. The van der Waals surface area contributed by atoms with Crippen LogP contribution in [0.2, 0.25) is 0 Å². The normalized spacial score (nSPS) is 20.4. The Morgan fingerprint density at radius 1 is 1.42 bits per heavy atom. The van der Waals surface area contributed by atoms with Gasteiger partial charge in [0.05, 0.1) is 4.90 Å². The minimum atomic E-state index is -3.46. The number of hydrogen-bond donors (Lipinski definition) is 1. The highest BCUT2D eigenvalue weighted by Gasteiger charge is 2.35. The van der Waals surface area contributed by atoms with Crippen LogP contribution in [-0.2, 0) is 10.0 Å². The Morgan fingerprint density at radius 3 is 2.68 bits per heavy atom. The van der Waals surface area contributed by atoms with Crippen LogP contribution >= 0.6 is 27.7 Å². The van der Waals surface area contributed by atoms with Gasteiger partial charge < -0.3 is 5.73 Å². The molecule has 19 heavy (non-hydrogen) atoms. The van der Waals surface area contributed by atoms with Gasteiger partial charge in [-0.15, -0.1) is 0 Å². The maximum Gasteiger partial charge on any atom is 0.244 e. The van der Waals surface area contributed by atoms with E-state index in [4.69, 9.17) is 5.73 Å². The van der Waals surface area contributed by atoms with Crippen LogP contribution in [0.3, 0.4) is 0 Å². The van der Waals surface area contributed by atoms with Crippen molar-refractivity contribution in [1.29, 1.82) is 0 Å². The smallest absolute Gasteiger partial charge is 0.244 e. The molecule has 0 aliphatic carbocycles. The Balaban J connectivity index is 2.37. The zero-order valence-electron chi connectivity index (χ0n) is 10.9. The number of sulfonamides is 1. The molecule has 106 valence electrons. The maximum absolute atomic E-state index is 12.7. The highest BCUT2D eigenvalue weighted by Crippen LogP contribution is 2.34. The van der Waals surface area contributed by atoms with Crippen molar-refractivity contribution in [2.24, 2.45) is 0 Å². The summed E-state index contributed by atoms with van der Waals surface area (Å²) in [6.07, 6.45) is 0. The van der Waals surface area contributed by atoms with E-state index in [0.717, 1.165) is 5.75 Å². The molecule has 0 bridgehead atoms. The van der Waals surface area contributed by atoms with Gasteiger partial charge in [0, 0.05) is 33.7 Å². The number of benzene rings is 1. The molecule has 2 rings (SSSR count). The fourth-order valence-corrected chi connectivity index (χ4v) is 6.01. The van der Waals surface area contributed by atoms with Gasteiger partial charge in [-0.1, -0.05) is 0 Å². The highest BCUT2D eigenvalue weighted by molar-refractivity contribution is 9.10. The number of nitrogen functional groups attached to an aromatic ring is 1. The van der Waals surface area contributed by atoms with Gasteiger partial charge >= 0.3 is 0 Å². The van der Waals surface area contributed by atoms with Crippen molar-refractivity contribution in [3.8, 4) is 0 Å². The van der Waals surface area contributed by atoms with Gasteiger partial charge in [-0.2, -0.15) is 16.1 Å². The van der Waals surface area contributed by atoms with Crippen molar-refractivity contribution in [3.05, 3.63) is 22.7 Å². The number of hydrogen-bond acceptors (Lipinski definition) is 4. The van der Waals surface area contributed by atoms with Crippen LogP contribution in [-0.4, -0.2) is 36.3 Å². The van der Waals surface area contributed by atoms with E-state index in [1.807, 2.05) is 0 Å². The van der Waals surface area contributed by atoms with Gasteiger partial charge in [0.1, 0.15) is 0 Å². The Bertz CT molecular complexity index is 587. The number of nitrogens with two attached hydrogens (primary N) is 1. The predicted molar refractivity (Wildman–Crippen MR) is 83.9 cm³/mol. The lowest BCUT2D eigenvalue weighted by Crippen LogP contribution is -2.46. The molecule has 1 aliphatic rings. The van der Waals surface area contributed by atoms with E-state index >= 15 is 0 Å². The third-order valence-corrected chi connectivity index (χ3v) is 7.08. The predicted octanol–water partition coefficient (Wildman–Crippen LogP) is 2.55. The Morgan fingerprint density at radius 2 is 2.11 bits per heavy atom. The molecule has 7 heteroatoms. The van der Waals surface area contributed by atoms with E-state index in [2.05, 4.69) is 29.8 Å². The molecule has 0 radical (unpaired) electrons. The third kappa shape index (κ3) is 3.26. The molecule has 4 nitrogen and oxygen atoms in total. The summed E-state index contributed by atoms with van der Waals surface area (Å²) in [7, 11) is -3.46. The molecule has 0 spiro atoms. The minimum Gasteiger partial charge on any atom is -0.399 e. The first-order valence-electron chi connectivity index (χ1n) is 5.91. The van der Waals surface area contributed by atoms with Crippen LogP contribution < -0.4 is 5.73 Å². The molecule has 0 saturated carbocycles. The lowest BCUT2D eigenvalue weighted by atomic mass is 10.2. The fourth-order valence-electron chi connectivity index (χ4n) is 2.04. The summed E-state index contributed by atoms with van der Waals surface area (Å²) in [4.78, 5) is 0.282. The molecule has 1 heterocycles. The summed E-state index contributed by atoms with van der Waals surface area (Å²) in [5.41, 5.74) is 6.19. The second kappa shape index (κ2) is 5.27. The number of thioether (sulfide) groups is 1. The molecular weight excluding hydrogens is 348 g/mol. The molecule has 1 aromatic carbocycles. The molecule has 0 unspecified atom stereocenters. The second-order valence-corrected chi connectivity index (χ2v) is 9.70. The van der Waals surface area contributed by atoms with Crippen LogP contribution in [0, 0.1) is 0 Å². The average Bonchev–Trinajstić information content (AvgIpc) is 2.27. The number of halogens is 1. The van der Waals surface area contributed by atoms with Gasteiger partial charge in [0.25, 0.3) is 0 Å². The van der Waals surface area contributed by atoms with Crippen molar-refractivity contribution in [2.75, 3.05) is 24.6 Å². The number of anilines is 1. The van der Waals surface area contributed by atoms with E-state index in [0.29, 0.717) is 23.2 Å². The quantitative estimate of drug-likeness (QED) is 0.819. The zero-order valence-corrected chi connectivity index (χ0v) is 14.1. The minimum absolute atomic E-state index is 0.0500. The Labute approximate surface area is 126 Å². The highest BCUT2D eigenvalue weighted by atomic mass is 79.9. The van der Waals surface area contributed by atoms with Crippen LogP contribution in [0.15, 0.2) is 27.6 Å². The first-order chi connectivity index (χ1) is 8.72. The van der Waals surface area contributed by atoms with Gasteiger partial charge in [0.15, 0.2) is 0 Å². The monoisotopic (exact) mass is 364 g/mol. The van der Waals surface area contributed by atoms with E-state index in [1.165, 1.54) is 0 Å². The number of rotatable bonds is 2. The van der Waals surface area contributed by atoms with Crippen molar-refractivity contribution in [3.63, 3.8) is 0 Å². The van der Waals surface area contributed by atoms with Gasteiger partial charge in [0.2, 0.25) is 10.0 Å². The first kappa shape index (κ1) is 15.2. The van der Waals surface area contributed by atoms with Gasteiger partial charge in [-0.05, 0) is 48.0 Å². The molecule has 0 aromatic heterocycles. The molecule has 1 fully saturated rings. The van der Waals surface area contributed by atoms with E-state index in [-0.39, 0.29) is 9.64 Å². The second-order valence-electron chi connectivity index (χ2n) is 5.14. The summed E-state index contributed by atoms with van der Waals surface area (Å²) in [6.45, 7) is 5.21. The fraction of sp³-hybridized carbons (Fsp3) is 0.500. The van der Waals surface area contributed by atoms with E-state index in [1.54, 1.807) is 34.3 Å². The molecule has 1 saturated heterocycles. The molecule has 1 aliphatic heterocycles. The summed E-state index contributed by atoms with van der Waals surface area (Å²) in [5.74, 6) is 0.818. The largest absolute Gasteiger partial charge is 0.399 e. The lowest BCUT2D eigenvalue weighted by molar-refractivity contribution is 0.387. The molecule has 2 N–H and O–H groups in total. The molecule has 1 aromatic rings. The van der Waals surface area contributed by atoms with Crippen LogP contribution in [0.1, 0.15) is 13.8 Å². The van der Waals surface area contributed by atoms with Crippen LogP contribution in [0.5, 0.6) is 0 Å².